The molecule has 0 atom stereocenters. The molecule has 0 spiro atoms. The van der Waals surface area contributed by atoms with E-state index in [0.29, 0.717) is 36.8 Å². The smallest absolute Gasteiger partial charge is 0.122 e. The highest BCUT2D eigenvalue weighted by molar-refractivity contribution is 5.48. The maximum Gasteiger partial charge on any atom is 0.122 e. The van der Waals surface area contributed by atoms with Crippen molar-refractivity contribution in [1.82, 2.24) is 0 Å². The lowest BCUT2D eigenvalue weighted by Gasteiger charge is -2.10. The normalized spacial score (nSPS) is 10.8. The van der Waals surface area contributed by atoms with Crippen LogP contribution in [-0.2, 0) is 25.7 Å². The first-order chi connectivity index (χ1) is 10.5. The minimum Gasteiger partial charge on any atom is -0.508 e. The highest BCUT2D eigenvalue weighted by Gasteiger charge is 2.10. The maximum absolute atomic E-state index is 9.89. The molecule has 4 heteroatoms. The Balaban J connectivity index is 2.17. The van der Waals surface area contributed by atoms with Gasteiger partial charge < -0.3 is 20.4 Å². The van der Waals surface area contributed by atoms with E-state index in [1.165, 1.54) is 0 Å². The highest BCUT2D eigenvalue weighted by atomic mass is 16.3. The van der Waals surface area contributed by atoms with Crippen LogP contribution >= 0.6 is 0 Å². The van der Waals surface area contributed by atoms with Gasteiger partial charge in [-0.3, -0.25) is 0 Å². The lowest BCUT2D eigenvalue weighted by atomic mass is 9.99. The molecule has 118 valence electrons. The first-order valence-corrected chi connectivity index (χ1v) is 7.53. The van der Waals surface area contributed by atoms with Gasteiger partial charge in [-0.25, -0.2) is 0 Å². The van der Waals surface area contributed by atoms with Crippen molar-refractivity contribution < 1.29 is 20.4 Å². The average Bonchev–Trinajstić information content (AvgIpc) is 2.44. The first-order valence-electron chi connectivity index (χ1n) is 7.53. The van der Waals surface area contributed by atoms with E-state index < -0.39 is 0 Å². The predicted octanol–water partition coefficient (Wildman–Crippen LogP) is 3.42. The van der Waals surface area contributed by atoms with Crippen molar-refractivity contribution in [2.45, 2.75) is 39.5 Å². The lowest BCUT2D eigenvalue weighted by molar-refractivity contribution is 0.436. The predicted molar refractivity (Wildman–Crippen MR) is 85.7 cm³/mol. The van der Waals surface area contributed by atoms with Gasteiger partial charge >= 0.3 is 0 Å². The van der Waals surface area contributed by atoms with E-state index in [0.717, 1.165) is 11.1 Å². The number of hydrogen-bond acceptors (Lipinski definition) is 4. The molecular formula is C18H22O4. The van der Waals surface area contributed by atoms with Crippen LogP contribution in [0.3, 0.4) is 0 Å². The zero-order valence-electron chi connectivity index (χ0n) is 12.9. The van der Waals surface area contributed by atoms with Gasteiger partial charge in [0.2, 0.25) is 0 Å². The van der Waals surface area contributed by atoms with Crippen LogP contribution in [0.1, 0.15) is 36.1 Å². The monoisotopic (exact) mass is 302 g/mol. The van der Waals surface area contributed by atoms with Crippen molar-refractivity contribution in [1.29, 1.82) is 0 Å². The summed E-state index contributed by atoms with van der Waals surface area (Å²) in [6.45, 7) is 3.74. The van der Waals surface area contributed by atoms with Gasteiger partial charge in [0.05, 0.1) is 0 Å². The van der Waals surface area contributed by atoms with Crippen LogP contribution in [0.15, 0.2) is 24.3 Å². The van der Waals surface area contributed by atoms with E-state index in [2.05, 4.69) is 0 Å². The van der Waals surface area contributed by atoms with Gasteiger partial charge in [0.1, 0.15) is 23.0 Å². The van der Waals surface area contributed by atoms with Gasteiger partial charge in [-0.15, -0.1) is 0 Å². The van der Waals surface area contributed by atoms with E-state index in [-0.39, 0.29) is 23.0 Å². The van der Waals surface area contributed by atoms with Crippen molar-refractivity contribution in [2.24, 2.45) is 0 Å². The van der Waals surface area contributed by atoms with Crippen molar-refractivity contribution in [3.8, 4) is 23.0 Å². The van der Waals surface area contributed by atoms with Gasteiger partial charge in [-0.2, -0.15) is 0 Å². The van der Waals surface area contributed by atoms with Crippen LogP contribution in [-0.4, -0.2) is 20.4 Å². The molecule has 2 rings (SSSR count). The van der Waals surface area contributed by atoms with Crippen LogP contribution in [0.2, 0.25) is 0 Å². The molecule has 0 unspecified atom stereocenters. The quantitative estimate of drug-likeness (QED) is 0.682. The molecule has 22 heavy (non-hydrogen) atoms. The molecular weight excluding hydrogens is 280 g/mol. The molecule has 0 amide bonds. The molecule has 0 saturated heterocycles. The fourth-order valence-electron chi connectivity index (χ4n) is 2.70. The Labute approximate surface area is 130 Å². The number of rotatable bonds is 5. The molecule has 0 bridgehead atoms. The zero-order valence-corrected chi connectivity index (χ0v) is 12.9. The minimum absolute atomic E-state index is 0.101. The topological polar surface area (TPSA) is 80.9 Å². The number of aryl methyl sites for hydroxylation is 2. The Hall–Kier alpha value is -2.36. The van der Waals surface area contributed by atoms with Crippen LogP contribution in [0.4, 0.5) is 0 Å². The van der Waals surface area contributed by atoms with Gasteiger partial charge in [-0.05, 0) is 61.1 Å². The SMILES string of the molecule is CCc1c(O)cc(CCc2cc(O)c(CC)c(O)c2)cc1O. The lowest BCUT2D eigenvalue weighted by Crippen LogP contribution is -1.95. The van der Waals surface area contributed by atoms with Crippen LogP contribution < -0.4 is 0 Å². The van der Waals surface area contributed by atoms with E-state index in [1.54, 1.807) is 24.3 Å². The largest absolute Gasteiger partial charge is 0.508 e. The van der Waals surface area contributed by atoms with Crippen LogP contribution in [0.25, 0.3) is 0 Å². The molecule has 0 radical (unpaired) electrons. The number of hydrogen-bond donors (Lipinski definition) is 4. The minimum atomic E-state index is 0.101. The van der Waals surface area contributed by atoms with Crippen molar-refractivity contribution in [3.05, 3.63) is 46.5 Å². The summed E-state index contributed by atoms with van der Waals surface area (Å²) in [5, 5.41) is 39.5. The Kier molecular flexibility index (Phi) is 4.81. The molecule has 2 aromatic rings. The number of phenolic OH excluding ortho intramolecular Hbond substituents is 4. The van der Waals surface area contributed by atoms with Crippen molar-refractivity contribution >= 4 is 0 Å². The fourth-order valence-corrected chi connectivity index (χ4v) is 2.70. The average molecular weight is 302 g/mol. The van der Waals surface area contributed by atoms with Gasteiger partial charge in [0.15, 0.2) is 0 Å². The summed E-state index contributed by atoms with van der Waals surface area (Å²) in [7, 11) is 0. The molecule has 0 fully saturated rings. The fraction of sp³-hybridized carbons (Fsp3) is 0.333. The Morgan fingerprint density at radius 3 is 1.09 bits per heavy atom. The molecule has 0 aliphatic carbocycles. The highest BCUT2D eigenvalue weighted by Crippen LogP contribution is 2.32. The molecule has 2 aromatic carbocycles. The summed E-state index contributed by atoms with van der Waals surface area (Å²) in [5.41, 5.74) is 2.72. The zero-order chi connectivity index (χ0) is 16.3. The van der Waals surface area contributed by atoms with E-state index in [9.17, 15) is 20.4 Å². The van der Waals surface area contributed by atoms with Crippen molar-refractivity contribution in [2.75, 3.05) is 0 Å². The van der Waals surface area contributed by atoms with E-state index in [1.807, 2.05) is 13.8 Å². The summed E-state index contributed by atoms with van der Waals surface area (Å²) in [4.78, 5) is 0. The second kappa shape index (κ2) is 6.60. The number of benzene rings is 2. The molecule has 0 aliphatic rings. The second-order valence-electron chi connectivity index (χ2n) is 5.43. The second-order valence-corrected chi connectivity index (χ2v) is 5.43. The third-order valence-electron chi connectivity index (χ3n) is 3.93. The van der Waals surface area contributed by atoms with Crippen molar-refractivity contribution in [3.63, 3.8) is 0 Å². The maximum atomic E-state index is 9.89. The van der Waals surface area contributed by atoms with Crippen LogP contribution in [0.5, 0.6) is 23.0 Å². The standard InChI is InChI=1S/C18H22O4/c1-3-13-15(19)7-11(8-16(13)20)5-6-12-9-17(21)14(4-2)18(22)10-12/h7-10,19-22H,3-6H2,1-2H3. The Morgan fingerprint density at radius 1 is 0.591 bits per heavy atom. The molecule has 0 saturated carbocycles. The third kappa shape index (κ3) is 3.27. The number of phenols is 4. The Bertz CT molecular complexity index is 571. The molecule has 4 N–H and O–H groups in total. The molecule has 0 heterocycles. The Morgan fingerprint density at radius 2 is 0.864 bits per heavy atom. The molecule has 0 aliphatic heterocycles. The number of aromatic hydroxyl groups is 4. The van der Waals surface area contributed by atoms with Gasteiger partial charge in [0.25, 0.3) is 0 Å². The van der Waals surface area contributed by atoms with E-state index in [4.69, 9.17) is 0 Å². The van der Waals surface area contributed by atoms with Crippen LogP contribution in [0, 0.1) is 0 Å². The van der Waals surface area contributed by atoms with Gasteiger partial charge in [-0.1, -0.05) is 13.8 Å². The summed E-state index contributed by atoms with van der Waals surface area (Å²) in [6.07, 6.45) is 2.32. The summed E-state index contributed by atoms with van der Waals surface area (Å²) >= 11 is 0. The van der Waals surface area contributed by atoms with E-state index >= 15 is 0 Å². The molecule has 4 nitrogen and oxygen atoms in total. The molecule has 0 aromatic heterocycles. The third-order valence-corrected chi connectivity index (χ3v) is 3.93. The van der Waals surface area contributed by atoms with Gasteiger partial charge in [0, 0.05) is 11.1 Å². The first kappa shape index (κ1) is 16.0. The summed E-state index contributed by atoms with van der Waals surface area (Å²) in [6, 6.07) is 6.61. The summed E-state index contributed by atoms with van der Waals surface area (Å²) in [5.74, 6) is 0.406. The summed E-state index contributed by atoms with van der Waals surface area (Å²) < 4.78 is 0.